The number of carbonyl (C=O) groups excluding carboxylic acids is 1. The van der Waals surface area contributed by atoms with Gasteiger partial charge in [-0.1, -0.05) is 55.0 Å². The summed E-state index contributed by atoms with van der Waals surface area (Å²) in [4.78, 5) is 12.3. The number of benzene rings is 2. The van der Waals surface area contributed by atoms with Gasteiger partial charge >= 0.3 is 5.97 Å². The van der Waals surface area contributed by atoms with E-state index in [9.17, 15) is 13.2 Å². The summed E-state index contributed by atoms with van der Waals surface area (Å²) in [5, 5.41) is 0. The van der Waals surface area contributed by atoms with E-state index < -0.39 is 22.2 Å². The zero-order chi connectivity index (χ0) is 21.1. The lowest BCUT2D eigenvalue weighted by atomic mass is 10.0. The van der Waals surface area contributed by atoms with E-state index in [1.165, 1.54) is 11.4 Å². The van der Waals surface area contributed by atoms with Gasteiger partial charge in [0.1, 0.15) is 6.10 Å². The summed E-state index contributed by atoms with van der Waals surface area (Å²) in [6, 6.07) is 12.4. The molecule has 0 spiro atoms. The fraction of sp³-hybridized carbons (Fsp3) is 0.409. The summed E-state index contributed by atoms with van der Waals surface area (Å²) >= 11 is 0. The first-order chi connectivity index (χ1) is 13.1. The second-order valence-corrected chi connectivity index (χ2v) is 9.10. The van der Waals surface area contributed by atoms with Crippen LogP contribution in [0.3, 0.4) is 0 Å². The van der Waals surface area contributed by atoms with E-state index in [0.29, 0.717) is 16.0 Å². The summed E-state index contributed by atoms with van der Waals surface area (Å²) in [7, 11) is -2.23. The molecule has 0 N–H and O–H groups in total. The Morgan fingerprint density at radius 3 is 2.11 bits per heavy atom. The first-order valence-electron chi connectivity index (χ1n) is 9.39. The van der Waals surface area contributed by atoms with Gasteiger partial charge in [-0.15, -0.1) is 0 Å². The first kappa shape index (κ1) is 22.1. The number of nitrogens with zero attached hydrogens (tertiary/aromatic N) is 1. The molecule has 0 fully saturated rings. The summed E-state index contributed by atoms with van der Waals surface area (Å²) < 4.78 is 33.7. The molecule has 0 radical (unpaired) electrons. The van der Waals surface area contributed by atoms with Gasteiger partial charge in [-0.2, -0.15) is 4.31 Å². The average Bonchev–Trinajstić information content (AvgIpc) is 2.64. The van der Waals surface area contributed by atoms with Crippen molar-refractivity contribution in [3.05, 3.63) is 64.7 Å². The van der Waals surface area contributed by atoms with E-state index in [1.807, 2.05) is 49.4 Å². The molecule has 2 aromatic carbocycles. The third-order valence-corrected chi connectivity index (χ3v) is 7.18. The van der Waals surface area contributed by atoms with Gasteiger partial charge < -0.3 is 4.74 Å². The standard InChI is InChI=1S/C22H29NO4S/c1-7-20(24)27-21(19-11-9-8-10-12-19)18(5)23(6)28(25,26)22-16(3)13-15(2)14-17(22)4/h8-14,18,21H,7H2,1-6H3/t18-,21-/m0/s1. The lowest BCUT2D eigenvalue weighted by Crippen LogP contribution is -2.41. The fourth-order valence-electron chi connectivity index (χ4n) is 3.44. The molecule has 28 heavy (non-hydrogen) atoms. The smallest absolute Gasteiger partial charge is 0.306 e. The molecule has 0 bridgehead atoms. The molecule has 2 rings (SSSR count). The molecule has 0 aliphatic carbocycles. The summed E-state index contributed by atoms with van der Waals surface area (Å²) in [6.07, 6.45) is -0.470. The van der Waals surface area contributed by atoms with Crippen LogP contribution < -0.4 is 0 Å². The van der Waals surface area contributed by atoms with Gasteiger partial charge in [0.25, 0.3) is 0 Å². The zero-order valence-corrected chi connectivity index (χ0v) is 18.2. The topological polar surface area (TPSA) is 63.7 Å². The highest BCUT2D eigenvalue weighted by molar-refractivity contribution is 7.89. The quantitative estimate of drug-likeness (QED) is 0.646. The van der Waals surface area contributed by atoms with Gasteiger partial charge in [-0.25, -0.2) is 8.42 Å². The molecule has 0 aliphatic rings. The van der Waals surface area contributed by atoms with E-state index in [2.05, 4.69) is 0 Å². The third kappa shape index (κ3) is 4.62. The van der Waals surface area contributed by atoms with E-state index in [1.54, 1.807) is 27.7 Å². The van der Waals surface area contributed by atoms with E-state index in [0.717, 1.165) is 11.1 Å². The minimum absolute atomic E-state index is 0.225. The number of esters is 1. The predicted molar refractivity (Wildman–Crippen MR) is 111 cm³/mol. The molecule has 0 amide bonds. The molecule has 0 aromatic heterocycles. The average molecular weight is 404 g/mol. The SMILES string of the molecule is CCC(=O)O[C@H](c1ccccc1)[C@H](C)N(C)S(=O)(=O)c1c(C)cc(C)cc1C. The minimum atomic E-state index is -3.77. The molecule has 0 unspecified atom stereocenters. The molecular weight excluding hydrogens is 374 g/mol. The highest BCUT2D eigenvalue weighted by Gasteiger charge is 2.35. The van der Waals surface area contributed by atoms with Crippen molar-refractivity contribution in [1.29, 1.82) is 0 Å². The van der Waals surface area contributed by atoms with Crippen LogP contribution in [0.4, 0.5) is 0 Å². The fourth-order valence-corrected chi connectivity index (χ4v) is 5.21. The normalized spacial score (nSPS) is 14.0. The monoisotopic (exact) mass is 403 g/mol. The van der Waals surface area contributed by atoms with Crippen molar-refractivity contribution >= 4 is 16.0 Å². The van der Waals surface area contributed by atoms with Crippen molar-refractivity contribution in [2.45, 2.75) is 58.1 Å². The Labute approximate surface area is 168 Å². The first-order valence-corrected chi connectivity index (χ1v) is 10.8. The number of carbonyl (C=O) groups is 1. The molecule has 2 aromatic rings. The Bertz CT molecular complexity index is 915. The van der Waals surface area contributed by atoms with Crippen molar-refractivity contribution in [3.63, 3.8) is 0 Å². The van der Waals surface area contributed by atoms with Gasteiger partial charge in [0.05, 0.1) is 10.9 Å². The van der Waals surface area contributed by atoms with Crippen molar-refractivity contribution < 1.29 is 17.9 Å². The van der Waals surface area contributed by atoms with Crippen molar-refractivity contribution in [1.82, 2.24) is 4.31 Å². The number of sulfonamides is 1. The number of ether oxygens (including phenoxy) is 1. The largest absolute Gasteiger partial charge is 0.456 e. The number of rotatable bonds is 7. The van der Waals surface area contributed by atoms with Crippen LogP contribution in [-0.2, 0) is 19.6 Å². The lowest BCUT2D eigenvalue weighted by Gasteiger charge is -2.32. The maximum Gasteiger partial charge on any atom is 0.306 e. The van der Waals surface area contributed by atoms with Crippen LogP contribution in [0, 0.1) is 20.8 Å². The summed E-state index contributed by atoms with van der Waals surface area (Å²) in [5.74, 6) is -0.366. The Kier molecular flexibility index (Phi) is 7.01. The zero-order valence-electron chi connectivity index (χ0n) is 17.4. The Balaban J connectivity index is 2.46. The summed E-state index contributed by atoms with van der Waals surface area (Å²) in [5.41, 5.74) is 3.19. The Morgan fingerprint density at radius 2 is 1.61 bits per heavy atom. The molecule has 0 saturated carbocycles. The van der Waals surface area contributed by atoms with Crippen molar-refractivity contribution in [3.8, 4) is 0 Å². The van der Waals surface area contributed by atoms with Gasteiger partial charge in [0.2, 0.25) is 10.0 Å². The molecule has 0 saturated heterocycles. The molecule has 2 atom stereocenters. The molecular formula is C22H29NO4S. The number of aryl methyl sites for hydroxylation is 3. The van der Waals surface area contributed by atoms with E-state index >= 15 is 0 Å². The number of likely N-dealkylation sites (N-methyl/N-ethyl adjacent to an activating group) is 1. The van der Waals surface area contributed by atoms with E-state index in [-0.39, 0.29) is 12.4 Å². The van der Waals surface area contributed by atoms with Gasteiger partial charge in [0.15, 0.2) is 0 Å². The third-order valence-electron chi connectivity index (χ3n) is 4.93. The van der Waals surface area contributed by atoms with Gasteiger partial charge in [0, 0.05) is 13.5 Å². The van der Waals surface area contributed by atoms with Gasteiger partial charge in [-0.3, -0.25) is 4.79 Å². The molecule has 5 nitrogen and oxygen atoms in total. The van der Waals surface area contributed by atoms with Crippen LogP contribution in [-0.4, -0.2) is 31.8 Å². The number of hydrogen-bond acceptors (Lipinski definition) is 4. The van der Waals surface area contributed by atoms with Crippen LogP contribution in [0.5, 0.6) is 0 Å². The molecule has 0 aliphatic heterocycles. The highest BCUT2D eigenvalue weighted by atomic mass is 32.2. The maximum atomic E-state index is 13.4. The second-order valence-electron chi connectivity index (χ2n) is 7.16. The Morgan fingerprint density at radius 1 is 1.07 bits per heavy atom. The van der Waals surface area contributed by atoms with Crippen LogP contribution >= 0.6 is 0 Å². The molecule has 152 valence electrons. The van der Waals surface area contributed by atoms with Gasteiger partial charge in [-0.05, 0) is 44.4 Å². The van der Waals surface area contributed by atoms with Crippen LogP contribution in [0.2, 0.25) is 0 Å². The van der Waals surface area contributed by atoms with Crippen LogP contribution in [0.25, 0.3) is 0 Å². The molecule has 0 heterocycles. The van der Waals surface area contributed by atoms with Crippen LogP contribution in [0.15, 0.2) is 47.4 Å². The maximum absolute atomic E-state index is 13.4. The predicted octanol–water partition coefficient (Wildman–Crippen LogP) is 4.32. The van der Waals surface area contributed by atoms with Crippen molar-refractivity contribution in [2.75, 3.05) is 7.05 Å². The lowest BCUT2D eigenvalue weighted by molar-refractivity contribution is -0.151. The minimum Gasteiger partial charge on any atom is -0.456 e. The number of hydrogen-bond donors (Lipinski definition) is 0. The molecule has 6 heteroatoms. The second kappa shape index (κ2) is 8.88. The van der Waals surface area contributed by atoms with Crippen LogP contribution in [0.1, 0.15) is 48.6 Å². The highest BCUT2D eigenvalue weighted by Crippen LogP contribution is 2.31. The van der Waals surface area contributed by atoms with Crippen molar-refractivity contribution in [2.24, 2.45) is 0 Å². The Hall–Kier alpha value is -2.18. The van der Waals surface area contributed by atoms with E-state index in [4.69, 9.17) is 4.74 Å². The summed E-state index contributed by atoms with van der Waals surface area (Å²) in [6.45, 7) is 9.03.